The van der Waals surface area contributed by atoms with Gasteiger partial charge < -0.3 is 5.73 Å². The first kappa shape index (κ1) is 12.4. The molecule has 18 heavy (non-hydrogen) atoms. The summed E-state index contributed by atoms with van der Waals surface area (Å²) in [7, 11) is 1.36. The number of aromatic nitrogens is 2. The molecule has 0 aliphatic carbocycles. The summed E-state index contributed by atoms with van der Waals surface area (Å²) in [6.45, 7) is 0. The first-order chi connectivity index (χ1) is 8.29. The molecule has 0 spiro atoms. The molecule has 3 nitrogen and oxygen atoms in total. The Kier molecular flexibility index (Phi) is 2.76. The number of rotatable bonds is 1. The van der Waals surface area contributed by atoms with Crippen LogP contribution in [0.25, 0.3) is 11.3 Å². The summed E-state index contributed by atoms with van der Waals surface area (Å²) < 4.78 is 51.7. The van der Waals surface area contributed by atoms with Crippen molar-refractivity contribution < 1.29 is 17.6 Å². The molecular weight excluding hydrogens is 250 g/mol. The van der Waals surface area contributed by atoms with Crippen molar-refractivity contribution in [2.45, 2.75) is 6.18 Å². The summed E-state index contributed by atoms with van der Waals surface area (Å²) in [5, 5.41) is 3.35. The Balaban J connectivity index is 2.51. The van der Waals surface area contributed by atoms with Crippen LogP contribution in [0.4, 0.5) is 23.2 Å². The number of benzene rings is 1. The van der Waals surface area contributed by atoms with Gasteiger partial charge >= 0.3 is 6.18 Å². The van der Waals surface area contributed by atoms with E-state index >= 15 is 0 Å². The Hall–Kier alpha value is -2.05. The Bertz CT molecular complexity index is 586. The number of nitrogen functional groups attached to an aromatic ring is 1. The molecule has 2 N–H and O–H groups in total. The van der Waals surface area contributed by atoms with Crippen molar-refractivity contribution in [1.82, 2.24) is 9.78 Å². The van der Waals surface area contributed by atoms with E-state index in [-0.39, 0.29) is 16.9 Å². The summed E-state index contributed by atoms with van der Waals surface area (Å²) in [6, 6.07) is 4.68. The average molecular weight is 259 g/mol. The van der Waals surface area contributed by atoms with Crippen LogP contribution in [0.3, 0.4) is 0 Å². The lowest BCUT2D eigenvalue weighted by Crippen LogP contribution is -2.06. The van der Waals surface area contributed by atoms with Crippen LogP contribution in [-0.4, -0.2) is 9.78 Å². The lowest BCUT2D eigenvalue weighted by atomic mass is 10.1. The van der Waals surface area contributed by atoms with Gasteiger partial charge in [0.05, 0.1) is 11.4 Å². The van der Waals surface area contributed by atoms with Gasteiger partial charge in [-0.05, 0) is 18.2 Å². The predicted octanol–water partition coefficient (Wildman–Crippen LogP) is 2.83. The summed E-state index contributed by atoms with van der Waals surface area (Å²) in [5.74, 6) is -0.678. The van der Waals surface area contributed by atoms with Crippen LogP contribution in [0, 0.1) is 5.82 Å². The summed E-state index contributed by atoms with van der Waals surface area (Å²) >= 11 is 0. The van der Waals surface area contributed by atoms with Crippen molar-refractivity contribution in [3.8, 4) is 11.3 Å². The van der Waals surface area contributed by atoms with E-state index < -0.39 is 17.7 Å². The highest BCUT2D eigenvalue weighted by Gasteiger charge is 2.34. The van der Waals surface area contributed by atoms with Crippen LogP contribution in [-0.2, 0) is 13.2 Å². The molecule has 1 aromatic carbocycles. The van der Waals surface area contributed by atoms with Gasteiger partial charge in [-0.2, -0.15) is 18.3 Å². The number of anilines is 1. The van der Waals surface area contributed by atoms with E-state index in [1.54, 1.807) is 0 Å². The van der Waals surface area contributed by atoms with Crippen molar-refractivity contribution in [2.75, 3.05) is 5.73 Å². The normalized spacial score (nSPS) is 11.8. The third kappa shape index (κ3) is 2.15. The third-order valence-electron chi connectivity index (χ3n) is 2.47. The smallest absolute Gasteiger partial charge is 0.396 e. The van der Waals surface area contributed by atoms with Gasteiger partial charge in [0, 0.05) is 12.6 Å². The molecule has 0 saturated heterocycles. The largest absolute Gasteiger partial charge is 0.435 e. The molecule has 1 aromatic heterocycles. The average Bonchev–Trinajstić information content (AvgIpc) is 2.64. The molecule has 1 heterocycles. The zero-order valence-electron chi connectivity index (χ0n) is 9.29. The second-order valence-electron chi connectivity index (χ2n) is 3.77. The second-order valence-corrected chi connectivity index (χ2v) is 3.77. The van der Waals surface area contributed by atoms with Crippen molar-refractivity contribution in [1.29, 1.82) is 0 Å². The van der Waals surface area contributed by atoms with Crippen LogP contribution < -0.4 is 5.73 Å². The number of hydrogen-bond acceptors (Lipinski definition) is 2. The fourth-order valence-electron chi connectivity index (χ4n) is 1.56. The van der Waals surface area contributed by atoms with Gasteiger partial charge in [0.2, 0.25) is 0 Å². The molecule has 2 aromatic rings. The van der Waals surface area contributed by atoms with Crippen LogP contribution in [0.15, 0.2) is 24.3 Å². The molecule has 96 valence electrons. The fraction of sp³-hybridized carbons (Fsp3) is 0.182. The van der Waals surface area contributed by atoms with Crippen molar-refractivity contribution in [2.24, 2.45) is 7.05 Å². The minimum atomic E-state index is -4.53. The molecule has 0 saturated carbocycles. The monoisotopic (exact) mass is 259 g/mol. The molecule has 0 aliphatic heterocycles. The molecule has 0 radical (unpaired) electrons. The predicted molar refractivity (Wildman–Crippen MR) is 58.0 cm³/mol. The van der Waals surface area contributed by atoms with Crippen LogP contribution in [0.5, 0.6) is 0 Å². The van der Waals surface area contributed by atoms with Gasteiger partial charge in [0.15, 0.2) is 5.69 Å². The first-order valence-electron chi connectivity index (χ1n) is 4.95. The number of nitrogens with zero attached hydrogens (tertiary/aromatic N) is 2. The summed E-state index contributed by atoms with van der Waals surface area (Å²) in [6.07, 6.45) is -4.53. The van der Waals surface area contributed by atoms with E-state index in [1.165, 1.54) is 19.2 Å². The number of alkyl halides is 3. The van der Waals surface area contributed by atoms with E-state index in [4.69, 9.17) is 5.73 Å². The zero-order valence-corrected chi connectivity index (χ0v) is 9.29. The molecule has 0 bridgehead atoms. The van der Waals surface area contributed by atoms with Gasteiger partial charge in [0.25, 0.3) is 0 Å². The highest BCUT2D eigenvalue weighted by Crippen LogP contribution is 2.31. The molecule has 0 fully saturated rings. The lowest BCUT2D eigenvalue weighted by molar-refractivity contribution is -0.141. The number of aryl methyl sites for hydroxylation is 1. The lowest BCUT2D eigenvalue weighted by Gasteiger charge is -2.03. The maximum absolute atomic E-state index is 13.3. The molecule has 0 atom stereocenters. The molecule has 0 unspecified atom stereocenters. The van der Waals surface area contributed by atoms with Gasteiger partial charge in [-0.15, -0.1) is 0 Å². The Labute approximate surface area is 99.8 Å². The highest BCUT2D eigenvalue weighted by molar-refractivity contribution is 5.63. The van der Waals surface area contributed by atoms with Gasteiger partial charge in [-0.1, -0.05) is 6.07 Å². The van der Waals surface area contributed by atoms with E-state index in [0.717, 1.165) is 16.8 Å². The minimum Gasteiger partial charge on any atom is -0.396 e. The van der Waals surface area contributed by atoms with Crippen molar-refractivity contribution in [3.63, 3.8) is 0 Å². The maximum Gasteiger partial charge on any atom is 0.435 e. The summed E-state index contributed by atoms with van der Waals surface area (Å²) in [5.41, 5.74) is 4.68. The van der Waals surface area contributed by atoms with Gasteiger partial charge in [-0.25, -0.2) is 4.39 Å². The van der Waals surface area contributed by atoms with E-state index in [0.29, 0.717) is 0 Å². The van der Waals surface area contributed by atoms with Crippen LogP contribution >= 0.6 is 0 Å². The standard InChI is InChI=1S/C11H9F4N3/c1-18-9(5-10(17-18)11(13,14)15)6-2-3-8(16)7(12)4-6/h2-5H,16H2,1H3. The van der Waals surface area contributed by atoms with Crippen LogP contribution in [0.2, 0.25) is 0 Å². The Morgan fingerprint density at radius 3 is 2.39 bits per heavy atom. The Morgan fingerprint density at radius 1 is 1.22 bits per heavy atom. The quantitative estimate of drug-likeness (QED) is 0.632. The number of nitrogens with two attached hydrogens (primary N) is 1. The molecule has 2 rings (SSSR count). The topological polar surface area (TPSA) is 43.8 Å². The van der Waals surface area contributed by atoms with E-state index in [2.05, 4.69) is 5.10 Å². The van der Waals surface area contributed by atoms with Crippen molar-refractivity contribution >= 4 is 5.69 Å². The third-order valence-corrected chi connectivity index (χ3v) is 2.47. The highest BCUT2D eigenvalue weighted by atomic mass is 19.4. The Morgan fingerprint density at radius 2 is 1.89 bits per heavy atom. The SMILES string of the molecule is Cn1nc(C(F)(F)F)cc1-c1ccc(N)c(F)c1. The number of hydrogen-bond donors (Lipinski definition) is 1. The maximum atomic E-state index is 13.3. The number of halogens is 4. The van der Waals surface area contributed by atoms with E-state index in [9.17, 15) is 17.6 Å². The van der Waals surface area contributed by atoms with E-state index in [1.807, 2.05) is 0 Å². The first-order valence-corrected chi connectivity index (χ1v) is 4.95. The molecule has 7 heteroatoms. The van der Waals surface area contributed by atoms with Gasteiger partial charge in [0.1, 0.15) is 5.82 Å². The van der Waals surface area contributed by atoms with Crippen LogP contribution in [0.1, 0.15) is 5.69 Å². The van der Waals surface area contributed by atoms with Gasteiger partial charge in [-0.3, -0.25) is 4.68 Å². The molecule has 0 amide bonds. The minimum absolute atomic E-state index is 0.0584. The zero-order chi connectivity index (χ0) is 13.5. The second kappa shape index (κ2) is 4.01. The molecular formula is C11H9F4N3. The fourth-order valence-corrected chi connectivity index (χ4v) is 1.56. The van der Waals surface area contributed by atoms with Crippen molar-refractivity contribution in [3.05, 3.63) is 35.8 Å². The summed E-state index contributed by atoms with van der Waals surface area (Å²) in [4.78, 5) is 0. The molecule has 0 aliphatic rings.